The van der Waals surface area contributed by atoms with E-state index in [0.29, 0.717) is 15.6 Å². The summed E-state index contributed by atoms with van der Waals surface area (Å²) in [5.41, 5.74) is 0.951. The summed E-state index contributed by atoms with van der Waals surface area (Å²) in [4.78, 5) is 13.2. The van der Waals surface area contributed by atoms with Gasteiger partial charge >= 0.3 is 0 Å². The number of benzene rings is 1. The summed E-state index contributed by atoms with van der Waals surface area (Å²) in [6, 6.07) is 5.87. The number of aryl methyl sites for hydroxylation is 1. The van der Waals surface area contributed by atoms with Gasteiger partial charge in [-0.05, 0) is 47.1 Å². The van der Waals surface area contributed by atoms with Crippen molar-refractivity contribution in [2.75, 3.05) is 0 Å². The third kappa shape index (κ3) is 2.67. The topological polar surface area (TPSA) is 17.1 Å². The van der Waals surface area contributed by atoms with Crippen LogP contribution in [0.1, 0.15) is 20.8 Å². The van der Waals surface area contributed by atoms with Gasteiger partial charge in [-0.2, -0.15) is 0 Å². The van der Waals surface area contributed by atoms with Gasteiger partial charge in [-0.1, -0.05) is 15.9 Å². The van der Waals surface area contributed by atoms with Gasteiger partial charge in [0.2, 0.25) is 0 Å². The number of ketones is 1. The maximum atomic E-state index is 13.1. The molecule has 0 bridgehead atoms. The molecule has 0 saturated carbocycles. The molecule has 0 atom stereocenters. The molecule has 0 fully saturated rings. The molecule has 0 unspecified atom stereocenters. The van der Waals surface area contributed by atoms with E-state index in [1.54, 1.807) is 12.1 Å². The summed E-state index contributed by atoms with van der Waals surface area (Å²) in [5.74, 6) is -0.584. The van der Waals surface area contributed by atoms with Gasteiger partial charge in [-0.3, -0.25) is 4.79 Å². The van der Waals surface area contributed by atoms with Crippen molar-refractivity contribution in [2.45, 2.75) is 6.92 Å². The summed E-state index contributed by atoms with van der Waals surface area (Å²) in [6.45, 7) is 1.87. The van der Waals surface area contributed by atoms with Gasteiger partial charge in [-0.25, -0.2) is 4.39 Å². The maximum Gasteiger partial charge on any atom is 0.195 e. The van der Waals surface area contributed by atoms with Crippen molar-refractivity contribution < 1.29 is 9.18 Å². The van der Waals surface area contributed by atoms with Crippen molar-refractivity contribution in [3.05, 3.63) is 54.3 Å². The Kier molecular flexibility index (Phi) is 3.80. The number of thiophene rings is 1. The van der Waals surface area contributed by atoms with Crippen molar-refractivity contribution in [2.24, 2.45) is 0 Å². The lowest BCUT2D eigenvalue weighted by Crippen LogP contribution is -2.03. The molecule has 88 valence electrons. The van der Waals surface area contributed by atoms with Crippen LogP contribution in [-0.2, 0) is 0 Å². The molecule has 1 nitrogen and oxygen atoms in total. The highest BCUT2D eigenvalue weighted by atomic mass is 79.9. The van der Waals surface area contributed by atoms with E-state index in [4.69, 9.17) is 0 Å². The molecule has 0 aliphatic heterocycles. The van der Waals surface area contributed by atoms with E-state index in [1.165, 1.54) is 23.5 Å². The Bertz CT molecular complexity index is 592. The number of carbonyl (C=O) groups is 1. The van der Waals surface area contributed by atoms with Crippen LogP contribution in [-0.4, -0.2) is 5.78 Å². The first-order valence-corrected chi connectivity index (χ1v) is 7.15. The van der Waals surface area contributed by atoms with Crippen molar-refractivity contribution in [1.82, 2.24) is 0 Å². The largest absolute Gasteiger partial charge is 0.289 e. The van der Waals surface area contributed by atoms with Gasteiger partial charge in [0, 0.05) is 20.5 Å². The first-order chi connectivity index (χ1) is 7.99. The van der Waals surface area contributed by atoms with Crippen LogP contribution < -0.4 is 0 Å². The van der Waals surface area contributed by atoms with Crippen LogP contribution in [0.15, 0.2) is 32.5 Å². The predicted molar refractivity (Wildman–Crippen MR) is 74.3 cm³/mol. The molecule has 0 aliphatic rings. The highest BCUT2D eigenvalue weighted by Gasteiger charge is 2.17. The Balaban J connectivity index is 2.50. The standard InChI is InChI=1S/C12H7Br2FOS/c1-6-8(5-11(14)17-6)12(16)9-4-7(15)2-3-10(9)13/h2-5H,1H3. The normalized spacial score (nSPS) is 10.6. The van der Waals surface area contributed by atoms with Crippen molar-refractivity contribution >= 4 is 49.0 Å². The average molecular weight is 378 g/mol. The number of carbonyl (C=O) groups excluding carboxylic acids is 1. The lowest BCUT2D eigenvalue weighted by molar-refractivity contribution is 0.103. The molecule has 0 N–H and O–H groups in total. The fraction of sp³-hybridized carbons (Fsp3) is 0.0833. The molecule has 0 saturated heterocycles. The van der Waals surface area contributed by atoms with Gasteiger partial charge in [0.15, 0.2) is 5.78 Å². The molecular formula is C12H7Br2FOS. The van der Waals surface area contributed by atoms with Crippen molar-refractivity contribution in [3.63, 3.8) is 0 Å². The smallest absolute Gasteiger partial charge is 0.195 e. The second-order valence-electron chi connectivity index (χ2n) is 3.47. The first-order valence-electron chi connectivity index (χ1n) is 4.74. The minimum absolute atomic E-state index is 0.171. The van der Waals surface area contributed by atoms with E-state index < -0.39 is 5.82 Å². The summed E-state index contributed by atoms with van der Waals surface area (Å²) in [5, 5.41) is 0. The molecule has 1 heterocycles. The Morgan fingerprint density at radius 3 is 2.53 bits per heavy atom. The molecule has 2 aromatic rings. The monoisotopic (exact) mass is 376 g/mol. The van der Waals surface area contributed by atoms with Gasteiger partial charge in [0.1, 0.15) is 5.82 Å². The van der Waals surface area contributed by atoms with E-state index in [-0.39, 0.29) is 5.78 Å². The molecular weight excluding hydrogens is 371 g/mol. The van der Waals surface area contributed by atoms with Crippen LogP contribution in [0.25, 0.3) is 0 Å². The fourth-order valence-electron chi connectivity index (χ4n) is 1.49. The van der Waals surface area contributed by atoms with Crippen LogP contribution in [0, 0.1) is 12.7 Å². The van der Waals surface area contributed by atoms with Crippen LogP contribution in [0.5, 0.6) is 0 Å². The van der Waals surface area contributed by atoms with E-state index in [2.05, 4.69) is 31.9 Å². The quantitative estimate of drug-likeness (QED) is 0.676. The van der Waals surface area contributed by atoms with Crippen molar-refractivity contribution in [1.29, 1.82) is 0 Å². The molecule has 0 amide bonds. The summed E-state index contributed by atoms with van der Waals surface area (Å²) in [6.07, 6.45) is 0. The van der Waals surface area contributed by atoms with Gasteiger partial charge < -0.3 is 0 Å². The molecule has 0 spiro atoms. The Morgan fingerprint density at radius 2 is 1.94 bits per heavy atom. The van der Waals surface area contributed by atoms with Gasteiger partial charge in [0.05, 0.1) is 3.79 Å². The van der Waals surface area contributed by atoms with E-state index in [1.807, 2.05) is 6.92 Å². The zero-order valence-corrected chi connectivity index (χ0v) is 12.7. The summed E-state index contributed by atoms with van der Waals surface area (Å²) < 4.78 is 14.6. The third-order valence-corrected chi connectivity index (χ3v) is 4.55. The molecule has 1 aromatic heterocycles. The van der Waals surface area contributed by atoms with E-state index >= 15 is 0 Å². The minimum Gasteiger partial charge on any atom is -0.289 e. The van der Waals surface area contributed by atoms with Crippen LogP contribution in [0.2, 0.25) is 0 Å². The summed E-state index contributed by atoms with van der Waals surface area (Å²) in [7, 11) is 0. The lowest BCUT2D eigenvalue weighted by atomic mass is 10.0. The second kappa shape index (κ2) is 5.00. The van der Waals surface area contributed by atoms with Crippen molar-refractivity contribution in [3.8, 4) is 0 Å². The van der Waals surface area contributed by atoms with Crippen LogP contribution >= 0.6 is 43.2 Å². The third-order valence-electron chi connectivity index (χ3n) is 2.31. The van der Waals surface area contributed by atoms with Gasteiger partial charge in [-0.15, -0.1) is 11.3 Å². The highest BCUT2D eigenvalue weighted by molar-refractivity contribution is 9.11. The molecule has 1 aromatic carbocycles. The Hall–Kier alpha value is -0.520. The van der Waals surface area contributed by atoms with E-state index in [9.17, 15) is 9.18 Å². The molecule has 0 radical (unpaired) electrons. The number of rotatable bonds is 2. The predicted octanol–water partition coefficient (Wildman–Crippen LogP) is 4.95. The second-order valence-corrected chi connectivity index (χ2v) is 6.96. The average Bonchev–Trinajstić information content (AvgIpc) is 2.60. The molecule has 0 aliphatic carbocycles. The van der Waals surface area contributed by atoms with E-state index in [0.717, 1.165) is 8.66 Å². The Labute approximate surface area is 119 Å². The Morgan fingerprint density at radius 1 is 1.24 bits per heavy atom. The molecule has 2 rings (SSSR count). The summed E-state index contributed by atoms with van der Waals surface area (Å²) >= 11 is 8.09. The lowest BCUT2D eigenvalue weighted by Gasteiger charge is -2.03. The number of halogens is 3. The molecule has 5 heteroatoms. The zero-order chi connectivity index (χ0) is 12.6. The number of hydrogen-bond donors (Lipinski definition) is 0. The number of hydrogen-bond acceptors (Lipinski definition) is 2. The maximum absolute atomic E-state index is 13.1. The van der Waals surface area contributed by atoms with Crippen LogP contribution in [0.3, 0.4) is 0 Å². The zero-order valence-electron chi connectivity index (χ0n) is 8.76. The minimum atomic E-state index is -0.413. The SMILES string of the molecule is Cc1sc(Br)cc1C(=O)c1cc(F)ccc1Br. The van der Waals surface area contributed by atoms with Gasteiger partial charge in [0.25, 0.3) is 0 Å². The highest BCUT2D eigenvalue weighted by Crippen LogP contribution is 2.30. The van der Waals surface area contributed by atoms with Crippen LogP contribution in [0.4, 0.5) is 4.39 Å². The molecule has 17 heavy (non-hydrogen) atoms. The first kappa shape index (κ1) is 12.9. The fourth-order valence-corrected chi connectivity index (χ4v) is 3.60.